The molecule has 3 aliphatic carbocycles. The number of aromatic hydroxyl groups is 1. The number of nitrogen functional groups attached to an aromatic ring is 1. The van der Waals surface area contributed by atoms with Crippen LogP contribution in [0.3, 0.4) is 0 Å². The summed E-state index contributed by atoms with van der Waals surface area (Å²) in [5.41, 5.74) is 8.51. The molecule has 0 bridgehead atoms. The number of carbonyl (C=O) groups excluding carboxylic acids is 3. The van der Waals surface area contributed by atoms with Crippen LogP contribution in [0.4, 0.5) is 11.4 Å². The van der Waals surface area contributed by atoms with Crippen LogP contribution in [-0.2, 0) is 16.0 Å². The number of amides is 1. The van der Waals surface area contributed by atoms with E-state index in [2.05, 4.69) is 0 Å². The maximum atomic E-state index is 13.6. The zero-order valence-electron chi connectivity index (χ0n) is 19.3. The second-order valence-corrected chi connectivity index (χ2v) is 9.54. The minimum Gasteiger partial charge on any atom is -0.510 e. The topological polar surface area (TPSA) is 191 Å². The molecular formula is C23H28N4O7. The van der Waals surface area contributed by atoms with Gasteiger partial charge in [-0.25, -0.2) is 0 Å². The fourth-order valence-corrected chi connectivity index (χ4v) is 5.72. The number of hydrogen-bond donors (Lipinski definition) is 6. The Balaban J connectivity index is 2.00. The number of phenols is 1. The van der Waals surface area contributed by atoms with Crippen LogP contribution in [-0.4, -0.2) is 82.6 Å². The lowest BCUT2D eigenvalue weighted by molar-refractivity contribution is -0.148. The minimum atomic E-state index is -2.66. The highest BCUT2D eigenvalue weighted by Crippen LogP contribution is 2.53. The third-order valence-corrected chi connectivity index (χ3v) is 7.21. The Kier molecular flexibility index (Phi) is 5.18. The first-order chi connectivity index (χ1) is 15.7. The molecule has 34 heavy (non-hydrogen) atoms. The van der Waals surface area contributed by atoms with Crippen molar-refractivity contribution in [3.63, 3.8) is 0 Å². The van der Waals surface area contributed by atoms with E-state index in [-0.39, 0.29) is 29.7 Å². The SMILES string of the molecule is CN(C)c1cc(N)c(O)c2c1CC1C[C@H]3[C@H](N(C)C)C(O)=C(C(N)=O)C(=O)[C@@]3(O)C(O)=C1C2=O. The van der Waals surface area contributed by atoms with E-state index in [9.17, 15) is 34.8 Å². The van der Waals surface area contributed by atoms with Crippen LogP contribution in [0.5, 0.6) is 5.75 Å². The molecule has 1 amide bonds. The molecule has 1 aromatic carbocycles. The zero-order valence-corrected chi connectivity index (χ0v) is 19.3. The van der Waals surface area contributed by atoms with Crippen molar-refractivity contribution in [2.75, 3.05) is 38.8 Å². The molecule has 0 spiro atoms. The highest BCUT2D eigenvalue weighted by molar-refractivity contribution is 6.25. The van der Waals surface area contributed by atoms with E-state index in [1.807, 2.05) is 0 Å². The van der Waals surface area contributed by atoms with Crippen LogP contribution in [0.25, 0.3) is 0 Å². The molecule has 0 aromatic heterocycles. The third-order valence-electron chi connectivity index (χ3n) is 7.21. The average Bonchev–Trinajstić information content (AvgIpc) is 2.72. The van der Waals surface area contributed by atoms with Crippen molar-refractivity contribution in [2.45, 2.75) is 24.5 Å². The molecule has 0 aliphatic heterocycles. The van der Waals surface area contributed by atoms with Crippen LogP contribution in [0.2, 0.25) is 0 Å². The van der Waals surface area contributed by atoms with Gasteiger partial charge in [0.05, 0.1) is 17.3 Å². The summed E-state index contributed by atoms with van der Waals surface area (Å²) in [6.07, 6.45) is 0.236. The van der Waals surface area contributed by atoms with E-state index in [0.717, 1.165) is 0 Å². The quantitative estimate of drug-likeness (QED) is 0.195. The van der Waals surface area contributed by atoms with Gasteiger partial charge < -0.3 is 36.8 Å². The molecule has 0 saturated heterocycles. The Bertz CT molecular complexity index is 1220. The summed E-state index contributed by atoms with van der Waals surface area (Å²) >= 11 is 0. The first kappa shape index (κ1) is 23.6. The van der Waals surface area contributed by atoms with E-state index in [4.69, 9.17) is 11.5 Å². The lowest BCUT2D eigenvalue weighted by atomic mass is 9.58. The van der Waals surface area contributed by atoms with Gasteiger partial charge >= 0.3 is 0 Å². The van der Waals surface area contributed by atoms with Gasteiger partial charge in [0.1, 0.15) is 22.8 Å². The van der Waals surface area contributed by atoms with Crippen molar-refractivity contribution in [2.24, 2.45) is 17.6 Å². The monoisotopic (exact) mass is 472 g/mol. The second kappa shape index (κ2) is 7.47. The summed E-state index contributed by atoms with van der Waals surface area (Å²) in [7, 11) is 6.68. The van der Waals surface area contributed by atoms with Gasteiger partial charge in [0.15, 0.2) is 11.4 Å². The summed E-state index contributed by atoms with van der Waals surface area (Å²) in [6, 6.07) is 0.522. The number of likely N-dealkylation sites (N-methyl/N-ethyl adjacent to an activating group) is 1. The molecular weight excluding hydrogens is 444 g/mol. The number of ketones is 2. The van der Waals surface area contributed by atoms with Crippen LogP contribution in [0.1, 0.15) is 22.3 Å². The van der Waals surface area contributed by atoms with Crippen LogP contribution in [0, 0.1) is 11.8 Å². The molecule has 0 saturated carbocycles. The zero-order chi connectivity index (χ0) is 25.4. The average molecular weight is 472 g/mol. The largest absolute Gasteiger partial charge is 0.510 e. The predicted octanol–water partition coefficient (Wildman–Crippen LogP) is -0.231. The van der Waals surface area contributed by atoms with E-state index in [1.165, 1.54) is 4.90 Å². The Hall–Kier alpha value is -3.57. The Morgan fingerprint density at radius 3 is 2.29 bits per heavy atom. The number of aliphatic hydroxyl groups excluding tert-OH is 2. The van der Waals surface area contributed by atoms with Gasteiger partial charge in [0.2, 0.25) is 5.78 Å². The molecule has 0 radical (unpaired) electrons. The highest BCUT2D eigenvalue weighted by atomic mass is 16.3. The fraction of sp³-hybridized carbons (Fsp3) is 0.435. The molecule has 4 atom stereocenters. The number of aliphatic hydroxyl groups is 3. The lowest BCUT2D eigenvalue weighted by Crippen LogP contribution is -2.63. The highest BCUT2D eigenvalue weighted by Gasteiger charge is 2.63. The van der Waals surface area contributed by atoms with Crippen molar-refractivity contribution in [3.8, 4) is 5.75 Å². The fourth-order valence-electron chi connectivity index (χ4n) is 5.72. The van der Waals surface area contributed by atoms with Crippen molar-refractivity contribution in [1.29, 1.82) is 0 Å². The van der Waals surface area contributed by atoms with Crippen molar-refractivity contribution < 1.29 is 34.8 Å². The molecule has 11 nitrogen and oxygen atoms in total. The maximum absolute atomic E-state index is 13.6. The lowest BCUT2D eigenvalue weighted by Gasteiger charge is -2.50. The molecule has 1 aromatic rings. The van der Waals surface area contributed by atoms with E-state index in [1.54, 1.807) is 39.2 Å². The summed E-state index contributed by atoms with van der Waals surface area (Å²) < 4.78 is 0. The number of carbonyl (C=O) groups is 3. The summed E-state index contributed by atoms with van der Waals surface area (Å²) in [4.78, 5) is 42.1. The van der Waals surface area contributed by atoms with Crippen molar-refractivity contribution >= 4 is 28.8 Å². The van der Waals surface area contributed by atoms with Gasteiger partial charge in [0.25, 0.3) is 5.91 Å². The number of primary amides is 1. The maximum Gasteiger partial charge on any atom is 0.255 e. The summed E-state index contributed by atoms with van der Waals surface area (Å²) in [5.74, 6) is -6.95. The number of allylic oxidation sites excluding steroid dienone is 1. The number of phenolic OH excluding ortho intramolecular Hbond substituents is 1. The number of benzene rings is 1. The molecule has 0 fully saturated rings. The number of Topliss-reactive ketones (excluding diaryl/α,β-unsaturated/α-hetero) is 2. The van der Waals surface area contributed by atoms with Crippen LogP contribution >= 0.6 is 0 Å². The molecule has 3 aliphatic rings. The molecule has 1 unspecified atom stereocenters. The summed E-state index contributed by atoms with van der Waals surface area (Å²) in [5, 5.41) is 44.2. The molecule has 8 N–H and O–H groups in total. The minimum absolute atomic E-state index is 0.0315. The van der Waals surface area contributed by atoms with Crippen molar-refractivity contribution in [3.05, 3.63) is 39.9 Å². The van der Waals surface area contributed by atoms with E-state index < -0.39 is 63.8 Å². The number of nitrogens with zero attached hydrogens (tertiary/aromatic N) is 2. The first-order valence-corrected chi connectivity index (χ1v) is 10.7. The number of nitrogens with two attached hydrogens (primary N) is 2. The van der Waals surface area contributed by atoms with Crippen molar-refractivity contribution in [1.82, 2.24) is 4.90 Å². The number of rotatable bonds is 3. The van der Waals surface area contributed by atoms with Gasteiger partial charge in [-0.05, 0) is 44.5 Å². The number of fused-ring (bicyclic) bond motifs is 3. The van der Waals surface area contributed by atoms with Gasteiger partial charge in [-0.1, -0.05) is 0 Å². The Morgan fingerprint density at radius 1 is 1.15 bits per heavy atom. The first-order valence-electron chi connectivity index (χ1n) is 10.7. The predicted molar refractivity (Wildman–Crippen MR) is 122 cm³/mol. The van der Waals surface area contributed by atoms with Gasteiger partial charge in [-0.15, -0.1) is 0 Å². The molecule has 0 heterocycles. The third kappa shape index (κ3) is 2.86. The number of hydrogen-bond acceptors (Lipinski definition) is 10. The Labute approximate surface area is 195 Å². The second-order valence-electron chi connectivity index (χ2n) is 9.54. The van der Waals surface area contributed by atoms with Gasteiger partial charge in [0, 0.05) is 31.3 Å². The smallest absolute Gasteiger partial charge is 0.255 e. The van der Waals surface area contributed by atoms with E-state index >= 15 is 0 Å². The Morgan fingerprint density at radius 2 is 1.76 bits per heavy atom. The van der Waals surface area contributed by atoms with E-state index in [0.29, 0.717) is 11.3 Å². The summed E-state index contributed by atoms with van der Waals surface area (Å²) in [6.45, 7) is 0. The molecule has 182 valence electrons. The van der Waals surface area contributed by atoms with Gasteiger partial charge in [-0.2, -0.15) is 0 Å². The standard InChI is InChI=1S/C23H28N4O7/c1-26(2)12-7-11(24)17(28)14-9(12)5-8-6-10-16(27(3)4)19(30)15(22(25)33)21(32)23(10,34)20(31)13(8)18(14)29/h7-8,10,16,28,30-31,34H,5-6,24H2,1-4H3,(H2,25,33)/t8?,10-,16-,23-/m0/s1. The van der Waals surface area contributed by atoms with Crippen LogP contribution in [0.15, 0.2) is 28.7 Å². The van der Waals surface area contributed by atoms with Gasteiger partial charge in [-0.3, -0.25) is 19.3 Å². The normalized spacial score (nSPS) is 28.6. The number of anilines is 2. The molecule has 4 rings (SSSR count). The van der Waals surface area contributed by atoms with Crippen LogP contribution < -0.4 is 16.4 Å². The molecule has 11 heteroatoms.